The molecule has 0 aliphatic rings. The van der Waals surface area contributed by atoms with E-state index in [1.54, 1.807) is 18.1 Å². The summed E-state index contributed by atoms with van der Waals surface area (Å²) in [5, 5.41) is 0. The molecule has 0 unspecified atom stereocenters. The molecule has 1 amide bonds. The number of amides is 1. The largest absolute Gasteiger partial charge is 0.346 e. The molecule has 0 saturated heterocycles. The Kier molecular flexibility index (Phi) is 4.07. The molecule has 1 rings (SSSR count). The van der Waals surface area contributed by atoms with E-state index >= 15 is 0 Å². The van der Waals surface area contributed by atoms with Gasteiger partial charge in [0.1, 0.15) is 0 Å². The summed E-state index contributed by atoms with van der Waals surface area (Å²) in [6, 6.07) is 3.74. The van der Waals surface area contributed by atoms with E-state index in [2.05, 4.69) is 20.9 Å². The normalized spacial score (nSPS) is 9.93. The highest BCUT2D eigenvalue weighted by Gasteiger charge is 2.07. The van der Waals surface area contributed by atoms with Gasteiger partial charge in [0.05, 0.1) is 6.42 Å². The van der Waals surface area contributed by atoms with Gasteiger partial charge in [0.15, 0.2) is 0 Å². The highest BCUT2D eigenvalue weighted by Crippen LogP contribution is 2.08. The van der Waals surface area contributed by atoms with E-state index in [0.29, 0.717) is 6.42 Å². The van der Waals surface area contributed by atoms with Gasteiger partial charge < -0.3 is 4.90 Å². The second-order valence-corrected chi connectivity index (χ2v) is 3.97. The van der Waals surface area contributed by atoms with Crippen molar-refractivity contribution < 1.29 is 4.79 Å². The number of halogens is 1. The Morgan fingerprint density at radius 1 is 1.57 bits per heavy atom. The lowest BCUT2D eigenvalue weighted by Gasteiger charge is -2.13. The number of carbonyl (C=O) groups is 1. The average Bonchev–Trinajstić information content (AvgIpc) is 2.20. The molecule has 0 N–H and O–H groups in total. The van der Waals surface area contributed by atoms with Gasteiger partial charge in [-0.2, -0.15) is 0 Å². The van der Waals surface area contributed by atoms with Crippen molar-refractivity contribution in [2.45, 2.75) is 13.3 Å². The molecule has 0 bridgehead atoms. The van der Waals surface area contributed by atoms with Crippen molar-refractivity contribution in [3.63, 3.8) is 0 Å². The van der Waals surface area contributed by atoms with Crippen LogP contribution in [-0.2, 0) is 11.2 Å². The summed E-state index contributed by atoms with van der Waals surface area (Å²) in [6.07, 6.45) is 2.08. The van der Waals surface area contributed by atoms with Gasteiger partial charge in [0.2, 0.25) is 5.91 Å². The number of hydrogen-bond donors (Lipinski definition) is 0. The van der Waals surface area contributed by atoms with Crippen LogP contribution in [0.1, 0.15) is 12.6 Å². The third-order valence-corrected chi connectivity index (χ3v) is 2.49. The van der Waals surface area contributed by atoms with Gasteiger partial charge in [0, 0.05) is 30.0 Å². The third-order valence-electron chi connectivity index (χ3n) is 2.02. The number of hydrogen-bond acceptors (Lipinski definition) is 2. The van der Waals surface area contributed by atoms with Crippen LogP contribution in [0.2, 0.25) is 0 Å². The van der Waals surface area contributed by atoms with Crippen LogP contribution in [0.4, 0.5) is 0 Å². The maximum absolute atomic E-state index is 11.5. The number of carbonyl (C=O) groups excluding carboxylic acids is 1. The van der Waals surface area contributed by atoms with Gasteiger partial charge in [-0.05, 0) is 35.0 Å². The Morgan fingerprint density at radius 2 is 2.29 bits per heavy atom. The molecule has 76 valence electrons. The van der Waals surface area contributed by atoms with Crippen LogP contribution in [0.3, 0.4) is 0 Å². The van der Waals surface area contributed by atoms with Crippen molar-refractivity contribution >= 4 is 21.8 Å². The molecule has 0 atom stereocenters. The standard InChI is InChI=1S/C10H13BrN2O/c1-3-13(2)10(14)6-9-5-4-8(11)7-12-9/h4-5,7H,3,6H2,1-2H3. The van der Waals surface area contributed by atoms with Crippen LogP contribution < -0.4 is 0 Å². The monoisotopic (exact) mass is 256 g/mol. The Morgan fingerprint density at radius 3 is 2.79 bits per heavy atom. The van der Waals surface area contributed by atoms with E-state index in [0.717, 1.165) is 16.7 Å². The molecule has 14 heavy (non-hydrogen) atoms. The molecule has 0 fully saturated rings. The topological polar surface area (TPSA) is 33.2 Å². The van der Waals surface area contributed by atoms with E-state index in [1.807, 2.05) is 19.1 Å². The second-order valence-electron chi connectivity index (χ2n) is 3.05. The number of likely N-dealkylation sites (N-methyl/N-ethyl adjacent to an activating group) is 1. The van der Waals surface area contributed by atoms with E-state index in [4.69, 9.17) is 0 Å². The Balaban J connectivity index is 2.60. The van der Waals surface area contributed by atoms with Crippen molar-refractivity contribution in [3.8, 4) is 0 Å². The van der Waals surface area contributed by atoms with Crippen LogP contribution in [0.15, 0.2) is 22.8 Å². The van der Waals surface area contributed by atoms with Gasteiger partial charge in [-0.3, -0.25) is 9.78 Å². The minimum absolute atomic E-state index is 0.0994. The fourth-order valence-corrected chi connectivity index (χ4v) is 1.21. The minimum atomic E-state index is 0.0994. The molecule has 0 spiro atoms. The lowest BCUT2D eigenvalue weighted by Crippen LogP contribution is -2.27. The number of nitrogens with zero attached hydrogens (tertiary/aromatic N) is 2. The molecule has 4 heteroatoms. The number of pyridine rings is 1. The first-order valence-corrected chi connectivity index (χ1v) is 5.27. The SMILES string of the molecule is CCN(C)C(=O)Cc1ccc(Br)cn1. The lowest BCUT2D eigenvalue weighted by atomic mass is 10.2. The first kappa shape index (κ1) is 11.2. The van der Waals surface area contributed by atoms with Gasteiger partial charge in [-0.1, -0.05) is 0 Å². The third kappa shape index (κ3) is 3.10. The maximum atomic E-state index is 11.5. The summed E-state index contributed by atoms with van der Waals surface area (Å²) in [5.74, 6) is 0.0994. The Bertz CT molecular complexity index is 310. The van der Waals surface area contributed by atoms with Crippen LogP contribution in [0.5, 0.6) is 0 Å². The molecule has 3 nitrogen and oxygen atoms in total. The smallest absolute Gasteiger partial charge is 0.228 e. The molecule has 0 aromatic carbocycles. The van der Waals surface area contributed by atoms with Gasteiger partial charge >= 0.3 is 0 Å². The predicted octanol–water partition coefficient (Wildman–Crippen LogP) is 1.86. The van der Waals surface area contributed by atoms with Crippen molar-refractivity contribution in [3.05, 3.63) is 28.5 Å². The predicted molar refractivity (Wildman–Crippen MR) is 59.0 cm³/mol. The van der Waals surface area contributed by atoms with Crippen molar-refractivity contribution in [2.75, 3.05) is 13.6 Å². The Labute approximate surface area is 92.3 Å². The number of aromatic nitrogens is 1. The van der Waals surface area contributed by atoms with Gasteiger partial charge in [0.25, 0.3) is 0 Å². The minimum Gasteiger partial charge on any atom is -0.346 e. The van der Waals surface area contributed by atoms with Crippen LogP contribution in [0, 0.1) is 0 Å². The van der Waals surface area contributed by atoms with Crippen molar-refractivity contribution in [2.24, 2.45) is 0 Å². The summed E-state index contributed by atoms with van der Waals surface area (Å²) >= 11 is 3.30. The zero-order chi connectivity index (χ0) is 10.6. The van der Waals surface area contributed by atoms with E-state index < -0.39 is 0 Å². The summed E-state index contributed by atoms with van der Waals surface area (Å²) in [4.78, 5) is 17.3. The van der Waals surface area contributed by atoms with E-state index in [9.17, 15) is 4.79 Å². The molecule has 0 aliphatic heterocycles. The first-order valence-electron chi connectivity index (χ1n) is 4.48. The van der Waals surface area contributed by atoms with E-state index in [1.165, 1.54) is 0 Å². The lowest BCUT2D eigenvalue weighted by molar-refractivity contribution is -0.129. The fraction of sp³-hybridized carbons (Fsp3) is 0.400. The maximum Gasteiger partial charge on any atom is 0.228 e. The zero-order valence-electron chi connectivity index (χ0n) is 8.33. The van der Waals surface area contributed by atoms with Crippen LogP contribution in [-0.4, -0.2) is 29.4 Å². The molecule has 0 aliphatic carbocycles. The second kappa shape index (κ2) is 5.10. The van der Waals surface area contributed by atoms with Crippen LogP contribution in [0.25, 0.3) is 0 Å². The summed E-state index contributed by atoms with van der Waals surface area (Å²) in [6.45, 7) is 2.68. The average molecular weight is 257 g/mol. The molecule has 0 saturated carbocycles. The van der Waals surface area contributed by atoms with Crippen LogP contribution >= 0.6 is 15.9 Å². The highest BCUT2D eigenvalue weighted by molar-refractivity contribution is 9.10. The molecule has 1 heterocycles. The first-order chi connectivity index (χ1) is 6.63. The quantitative estimate of drug-likeness (QED) is 0.828. The summed E-state index contributed by atoms with van der Waals surface area (Å²) in [5.41, 5.74) is 0.804. The molecule has 1 aromatic rings. The molecular formula is C10H13BrN2O. The van der Waals surface area contributed by atoms with Gasteiger partial charge in [-0.15, -0.1) is 0 Å². The molecule has 0 radical (unpaired) electrons. The van der Waals surface area contributed by atoms with Crippen molar-refractivity contribution in [1.29, 1.82) is 0 Å². The van der Waals surface area contributed by atoms with E-state index in [-0.39, 0.29) is 5.91 Å². The Hall–Kier alpha value is -0.900. The highest BCUT2D eigenvalue weighted by atomic mass is 79.9. The van der Waals surface area contributed by atoms with Crippen molar-refractivity contribution in [1.82, 2.24) is 9.88 Å². The van der Waals surface area contributed by atoms with Gasteiger partial charge in [-0.25, -0.2) is 0 Å². The molecule has 1 aromatic heterocycles. The zero-order valence-corrected chi connectivity index (χ0v) is 9.91. The summed E-state index contributed by atoms with van der Waals surface area (Å²) < 4.78 is 0.928. The molecular weight excluding hydrogens is 244 g/mol. The number of rotatable bonds is 3. The fourth-order valence-electron chi connectivity index (χ4n) is 0.977. The summed E-state index contributed by atoms with van der Waals surface area (Å²) in [7, 11) is 1.79.